The van der Waals surface area contributed by atoms with Crippen LogP contribution in [0.25, 0.3) is 0 Å². The van der Waals surface area contributed by atoms with E-state index in [0.29, 0.717) is 4.34 Å². The van der Waals surface area contributed by atoms with Crippen LogP contribution in [0.4, 0.5) is 0 Å². The fraction of sp³-hybridized carbons (Fsp3) is 0.500. The van der Waals surface area contributed by atoms with Crippen molar-refractivity contribution in [2.45, 2.75) is 30.0 Å². The molecule has 0 bridgehead atoms. The molecule has 1 heterocycles. The van der Waals surface area contributed by atoms with E-state index in [2.05, 4.69) is 4.72 Å². The molecule has 1 saturated carbocycles. The predicted molar refractivity (Wildman–Crippen MR) is 77.7 cm³/mol. The maximum absolute atomic E-state index is 12.2. The van der Waals surface area contributed by atoms with Crippen LogP contribution in [0.5, 0.6) is 0 Å². The Morgan fingerprint density at radius 2 is 2.28 bits per heavy atom. The van der Waals surface area contributed by atoms with Gasteiger partial charge in [0.05, 0.1) is 15.4 Å². The van der Waals surface area contributed by atoms with Gasteiger partial charge in [-0.25, -0.2) is 13.1 Å². The Morgan fingerprint density at radius 1 is 1.67 bits per heavy atom. The molecule has 0 saturated heterocycles. The second-order valence-electron chi connectivity index (χ2n) is 4.36. The fourth-order valence-electron chi connectivity index (χ4n) is 1.61. The van der Waals surface area contributed by atoms with Crippen LogP contribution in [0, 0.1) is 12.8 Å². The van der Waals surface area contributed by atoms with Gasteiger partial charge in [-0.05, 0) is 37.3 Å². The number of aryl methyl sites for hydroxylation is 1. The second kappa shape index (κ2) is 5.05. The first kappa shape index (κ1) is 14.2. The lowest BCUT2D eigenvalue weighted by Crippen LogP contribution is -2.44. The summed E-state index contributed by atoms with van der Waals surface area (Å²) < 4.78 is 27.6. The first-order valence-electron chi connectivity index (χ1n) is 5.39. The summed E-state index contributed by atoms with van der Waals surface area (Å²) in [7, 11) is -3.59. The summed E-state index contributed by atoms with van der Waals surface area (Å²) in [5.41, 5.74) is 6.33. The average molecular weight is 325 g/mol. The molecule has 8 heteroatoms. The standard InChI is InChI=1S/C10H13ClN2O2S3/c1-5-4-7(17-9(5)11)18(14,15)13-8(10(12)16)6-2-3-6/h4,6,8,13H,2-3H2,1H3,(H2,12,16). The van der Waals surface area contributed by atoms with Gasteiger partial charge in [0.1, 0.15) is 4.21 Å². The third kappa shape index (κ3) is 3.03. The van der Waals surface area contributed by atoms with Crippen LogP contribution in [-0.2, 0) is 10.0 Å². The van der Waals surface area contributed by atoms with Crippen LogP contribution in [0.2, 0.25) is 4.34 Å². The molecule has 1 unspecified atom stereocenters. The monoisotopic (exact) mass is 324 g/mol. The molecule has 2 rings (SSSR count). The molecule has 3 N–H and O–H groups in total. The highest BCUT2D eigenvalue weighted by Gasteiger charge is 2.36. The minimum absolute atomic E-state index is 0.195. The minimum atomic E-state index is -3.59. The fourth-order valence-corrected chi connectivity index (χ4v) is 4.94. The van der Waals surface area contributed by atoms with E-state index in [1.807, 2.05) is 0 Å². The molecular weight excluding hydrogens is 312 g/mol. The highest BCUT2D eigenvalue weighted by Crippen LogP contribution is 2.35. The van der Waals surface area contributed by atoms with Crippen molar-refractivity contribution in [3.63, 3.8) is 0 Å². The molecule has 0 aromatic carbocycles. The molecule has 1 aliphatic rings. The highest BCUT2D eigenvalue weighted by atomic mass is 35.5. The van der Waals surface area contributed by atoms with Crippen LogP contribution >= 0.6 is 35.2 Å². The highest BCUT2D eigenvalue weighted by molar-refractivity contribution is 7.91. The van der Waals surface area contributed by atoms with Crippen molar-refractivity contribution in [2.24, 2.45) is 11.7 Å². The molecule has 1 atom stereocenters. The van der Waals surface area contributed by atoms with Gasteiger partial charge in [0, 0.05) is 0 Å². The van der Waals surface area contributed by atoms with E-state index in [4.69, 9.17) is 29.6 Å². The molecular formula is C10H13ClN2O2S3. The predicted octanol–water partition coefficient (Wildman–Crippen LogP) is 2.05. The van der Waals surface area contributed by atoms with Crippen molar-refractivity contribution in [1.82, 2.24) is 4.72 Å². The smallest absolute Gasteiger partial charge is 0.250 e. The molecule has 18 heavy (non-hydrogen) atoms. The van der Waals surface area contributed by atoms with Gasteiger partial charge in [-0.2, -0.15) is 0 Å². The summed E-state index contributed by atoms with van der Waals surface area (Å²) in [5, 5.41) is 0. The van der Waals surface area contributed by atoms with E-state index < -0.39 is 16.1 Å². The van der Waals surface area contributed by atoms with E-state index in [9.17, 15) is 8.42 Å². The molecule has 1 aliphatic carbocycles. The van der Waals surface area contributed by atoms with Crippen molar-refractivity contribution < 1.29 is 8.42 Å². The number of nitrogens with two attached hydrogens (primary N) is 1. The lowest BCUT2D eigenvalue weighted by Gasteiger charge is -2.15. The summed E-state index contributed by atoms with van der Waals surface area (Å²) in [5.74, 6) is 0.230. The Hall–Kier alpha value is -0.210. The first-order chi connectivity index (χ1) is 8.31. The van der Waals surface area contributed by atoms with Crippen molar-refractivity contribution in [3.05, 3.63) is 16.0 Å². The lowest BCUT2D eigenvalue weighted by atomic mass is 10.2. The zero-order valence-corrected chi connectivity index (χ0v) is 12.8. The summed E-state index contributed by atoms with van der Waals surface area (Å²) >= 11 is 11.8. The number of thiophene rings is 1. The maximum Gasteiger partial charge on any atom is 0.250 e. The van der Waals surface area contributed by atoms with Crippen LogP contribution in [0.15, 0.2) is 10.3 Å². The van der Waals surface area contributed by atoms with Crippen molar-refractivity contribution in [3.8, 4) is 0 Å². The third-order valence-corrected chi connectivity index (χ3v) is 6.51. The number of hydrogen-bond donors (Lipinski definition) is 2. The lowest BCUT2D eigenvalue weighted by molar-refractivity contribution is 0.567. The van der Waals surface area contributed by atoms with Gasteiger partial charge < -0.3 is 5.73 Å². The first-order valence-corrected chi connectivity index (χ1v) is 8.47. The third-order valence-electron chi connectivity index (χ3n) is 2.78. The molecule has 100 valence electrons. The SMILES string of the molecule is Cc1cc(S(=O)(=O)NC(C(N)=S)C2CC2)sc1Cl. The Kier molecular flexibility index (Phi) is 3.99. The van der Waals surface area contributed by atoms with Crippen molar-refractivity contribution in [1.29, 1.82) is 0 Å². The largest absolute Gasteiger partial charge is 0.392 e. The van der Waals surface area contributed by atoms with Gasteiger partial charge >= 0.3 is 0 Å². The second-order valence-corrected chi connectivity index (χ2v) is 8.43. The topological polar surface area (TPSA) is 72.2 Å². The zero-order valence-electron chi connectivity index (χ0n) is 9.64. The Balaban J connectivity index is 2.23. The number of thiocarbonyl (C=S) groups is 1. The molecule has 1 aromatic heterocycles. The van der Waals surface area contributed by atoms with E-state index in [-0.39, 0.29) is 15.1 Å². The number of halogens is 1. The average Bonchev–Trinajstić information content (AvgIpc) is 3.03. The van der Waals surface area contributed by atoms with Gasteiger partial charge in [0.25, 0.3) is 10.0 Å². The number of nitrogens with one attached hydrogen (secondary N) is 1. The quantitative estimate of drug-likeness (QED) is 0.813. The number of hydrogen-bond acceptors (Lipinski definition) is 4. The van der Waals surface area contributed by atoms with Crippen LogP contribution in [-0.4, -0.2) is 19.4 Å². The van der Waals surface area contributed by atoms with Gasteiger partial charge in [0.15, 0.2) is 0 Å². The molecule has 0 aliphatic heterocycles. The molecule has 0 spiro atoms. The van der Waals surface area contributed by atoms with Crippen LogP contribution in [0.1, 0.15) is 18.4 Å². The molecule has 4 nitrogen and oxygen atoms in total. The normalized spacial score (nSPS) is 17.7. The van der Waals surface area contributed by atoms with Gasteiger partial charge in [-0.3, -0.25) is 0 Å². The van der Waals surface area contributed by atoms with Gasteiger partial charge in [0.2, 0.25) is 0 Å². The van der Waals surface area contributed by atoms with E-state index in [1.54, 1.807) is 13.0 Å². The van der Waals surface area contributed by atoms with Crippen molar-refractivity contribution in [2.75, 3.05) is 0 Å². The van der Waals surface area contributed by atoms with Crippen LogP contribution in [0.3, 0.4) is 0 Å². The van der Waals surface area contributed by atoms with E-state index in [1.165, 1.54) is 0 Å². The maximum atomic E-state index is 12.2. The molecule has 0 radical (unpaired) electrons. The minimum Gasteiger partial charge on any atom is -0.392 e. The van der Waals surface area contributed by atoms with Gasteiger partial charge in [-0.15, -0.1) is 11.3 Å². The number of sulfonamides is 1. The molecule has 1 fully saturated rings. The summed E-state index contributed by atoms with van der Waals surface area (Å²) in [4.78, 5) is 0.195. The summed E-state index contributed by atoms with van der Waals surface area (Å²) in [6.07, 6.45) is 1.91. The Labute approximate surface area is 121 Å². The van der Waals surface area contributed by atoms with Crippen LogP contribution < -0.4 is 10.5 Å². The Morgan fingerprint density at radius 3 is 2.67 bits per heavy atom. The van der Waals surface area contributed by atoms with Crippen molar-refractivity contribution >= 4 is 50.2 Å². The Bertz CT molecular complexity index is 558. The van der Waals surface area contributed by atoms with Gasteiger partial charge in [-0.1, -0.05) is 23.8 Å². The van der Waals surface area contributed by atoms with E-state index in [0.717, 1.165) is 29.7 Å². The zero-order chi connectivity index (χ0) is 13.5. The number of rotatable bonds is 5. The summed E-state index contributed by atoms with van der Waals surface area (Å²) in [6, 6.07) is 1.10. The van der Waals surface area contributed by atoms with E-state index >= 15 is 0 Å². The summed E-state index contributed by atoms with van der Waals surface area (Å²) in [6.45, 7) is 1.77. The molecule has 0 amide bonds. The molecule has 1 aromatic rings.